The summed E-state index contributed by atoms with van der Waals surface area (Å²) >= 11 is 0. The van der Waals surface area contributed by atoms with E-state index in [0.717, 1.165) is 0 Å². The summed E-state index contributed by atoms with van der Waals surface area (Å²) in [5.74, 6) is 0.278. The molecule has 126 valence electrons. The van der Waals surface area contributed by atoms with Crippen LogP contribution >= 0.6 is 0 Å². The molecule has 0 unspecified atom stereocenters. The van der Waals surface area contributed by atoms with E-state index in [2.05, 4.69) is 5.32 Å². The van der Waals surface area contributed by atoms with Crippen LogP contribution in [0.3, 0.4) is 0 Å². The van der Waals surface area contributed by atoms with Crippen LogP contribution < -0.4 is 11.1 Å². The van der Waals surface area contributed by atoms with E-state index in [4.69, 9.17) is 5.73 Å². The van der Waals surface area contributed by atoms with Crippen LogP contribution in [-0.2, 0) is 14.4 Å². The fourth-order valence-electron chi connectivity index (χ4n) is 0.805. The van der Waals surface area contributed by atoms with Crippen LogP contribution in [0.2, 0.25) is 0 Å². The molecule has 6 nitrogen and oxygen atoms in total. The maximum absolute atomic E-state index is 10.8. The first kappa shape index (κ1) is 24.4. The summed E-state index contributed by atoms with van der Waals surface area (Å²) in [5.41, 5.74) is 4.80. The first-order chi connectivity index (χ1) is 9.38. The van der Waals surface area contributed by atoms with Crippen LogP contribution in [-0.4, -0.2) is 43.8 Å². The third-order valence-corrected chi connectivity index (χ3v) is 2.27. The lowest BCUT2D eigenvalue weighted by Gasteiger charge is -2.11. The lowest BCUT2D eigenvalue weighted by molar-refractivity contribution is -0.131. The van der Waals surface area contributed by atoms with Gasteiger partial charge in [0.25, 0.3) is 0 Å². The third kappa shape index (κ3) is 18.4. The lowest BCUT2D eigenvalue weighted by atomic mass is 10.2. The zero-order chi connectivity index (χ0) is 17.7. The molecule has 3 N–H and O–H groups in total. The van der Waals surface area contributed by atoms with Crippen molar-refractivity contribution in [3.05, 3.63) is 0 Å². The molecule has 0 spiro atoms. The second-order valence-electron chi connectivity index (χ2n) is 5.71. The van der Waals surface area contributed by atoms with E-state index in [9.17, 15) is 14.4 Å². The van der Waals surface area contributed by atoms with Crippen LogP contribution in [0.15, 0.2) is 0 Å². The molecule has 0 heterocycles. The molecule has 0 rings (SSSR count). The highest BCUT2D eigenvalue weighted by atomic mass is 16.2. The molecule has 0 saturated carbocycles. The Labute approximate surface area is 129 Å². The van der Waals surface area contributed by atoms with E-state index in [1.54, 1.807) is 39.9 Å². The molecule has 0 aromatic rings. The maximum Gasteiger partial charge on any atom is 0.224 e. The average molecular weight is 303 g/mol. The number of hydrogen-bond acceptors (Lipinski definition) is 3. The van der Waals surface area contributed by atoms with Gasteiger partial charge in [0.1, 0.15) is 0 Å². The van der Waals surface area contributed by atoms with Gasteiger partial charge in [0.05, 0.1) is 0 Å². The van der Waals surface area contributed by atoms with Gasteiger partial charge in [-0.3, -0.25) is 14.4 Å². The number of amides is 3. The quantitative estimate of drug-likeness (QED) is 0.821. The summed E-state index contributed by atoms with van der Waals surface area (Å²) in [7, 11) is 5.17. The van der Waals surface area contributed by atoms with Gasteiger partial charge in [0.2, 0.25) is 17.7 Å². The molecular formula is C15H33N3O3. The fraction of sp³-hybridized carbons (Fsp3) is 0.800. The second kappa shape index (κ2) is 13.4. The Morgan fingerprint density at radius 2 is 1.19 bits per heavy atom. The van der Waals surface area contributed by atoms with Gasteiger partial charge in [0.15, 0.2) is 0 Å². The van der Waals surface area contributed by atoms with Gasteiger partial charge in [-0.05, 0) is 0 Å². The normalized spacial score (nSPS) is 9.33. The number of rotatable bonds is 3. The average Bonchev–Trinajstić information content (AvgIpc) is 2.37. The predicted molar refractivity (Wildman–Crippen MR) is 86.5 cm³/mol. The van der Waals surface area contributed by atoms with Crippen LogP contribution in [0.4, 0.5) is 0 Å². The van der Waals surface area contributed by atoms with Crippen molar-refractivity contribution in [3.8, 4) is 0 Å². The summed E-state index contributed by atoms with van der Waals surface area (Å²) in [5, 5.41) is 2.53. The van der Waals surface area contributed by atoms with Crippen molar-refractivity contribution < 1.29 is 14.4 Å². The van der Waals surface area contributed by atoms with Gasteiger partial charge in [0, 0.05) is 38.9 Å². The Morgan fingerprint density at radius 1 is 0.857 bits per heavy atom. The van der Waals surface area contributed by atoms with E-state index in [-0.39, 0.29) is 35.5 Å². The number of carbonyl (C=O) groups excluding carboxylic acids is 3. The molecule has 0 aliphatic rings. The third-order valence-electron chi connectivity index (χ3n) is 2.27. The van der Waals surface area contributed by atoms with E-state index < -0.39 is 0 Å². The molecule has 6 heteroatoms. The molecule has 0 aromatic heterocycles. The Balaban J connectivity index is -0.000000234. The molecule has 21 heavy (non-hydrogen) atoms. The summed E-state index contributed by atoms with van der Waals surface area (Å²) in [6.07, 6.45) is 0. The van der Waals surface area contributed by atoms with E-state index in [1.807, 2.05) is 27.7 Å². The number of nitrogens with two attached hydrogens (primary N) is 1. The predicted octanol–water partition coefficient (Wildman–Crippen LogP) is 1.25. The second-order valence-corrected chi connectivity index (χ2v) is 5.71. The Morgan fingerprint density at radius 3 is 1.19 bits per heavy atom. The molecule has 0 saturated heterocycles. The van der Waals surface area contributed by atoms with E-state index >= 15 is 0 Å². The van der Waals surface area contributed by atoms with Gasteiger partial charge >= 0.3 is 0 Å². The minimum Gasteiger partial charge on any atom is -0.369 e. The van der Waals surface area contributed by atoms with Crippen LogP contribution in [0.25, 0.3) is 0 Å². The van der Waals surface area contributed by atoms with Crippen molar-refractivity contribution in [1.82, 2.24) is 10.2 Å². The van der Waals surface area contributed by atoms with Crippen LogP contribution in [0.5, 0.6) is 0 Å². The Hall–Kier alpha value is -1.59. The summed E-state index contributed by atoms with van der Waals surface area (Å²) in [4.78, 5) is 32.7. The van der Waals surface area contributed by atoms with Crippen LogP contribution in [0.1, 0.15) is 41.5 Å². The van der Waals surface area contributed by atoms with Crippen molar-refractivity contribution in [3.63, 3.8) is 0 Å². The first-order valence-corrected chi connectivity index (χ1v) is 7.10. The standard InChI is InChI=1S/C6H13NO.C5H11NO.C4H9NO/c1-5(2)6(8)7(3)4;1-4(2)5(7)6-3;1-3(2)4(5)6/h5H,1-4H3;4H,1-3H3,(H,6,7);3H,1-2H3,(H2,5,6). The molecule has 0 radical (unpaired) electrons. The number of nitrogens with zero attached hydrogens (tertiary/aromatic N) is 1. The van der Waals surface area contributed by atoms with E-state index in [1.165, 1.54) is 0 Å². The molecule has 3 amide bonds. The van der Waals surface area contributed by atoms with Crippen molar-refractivity contribution >= 4 is 17.7 Å². The molecular weight excluding hydrogens is 270 g/mol. The molecule has 0 aliphatic carbocycles. The summed E-state index contributed by atoms with van der Waals surface area (Å²) in [6, 6.07) is 0. The largest absolute Gasteiger partial charge is 0.369 e. The van der Waals surface area contributed by atoms with E-state index in [0.29, 0.717) is 0 Å². The topological polar surface area (TPSA) is 92.5 Å². The number of nitrogens with one attached hydrogen (secondary N) is 1. The minimum atomic E-state index is -0.241. The number of hydrogen-bond donors (Lipinski definition) is 2. The van der Waals surface area contributed by atoms with Gasteiger partial charge in [-0.15, -0.1) is 0 Å². The Bertz CT molecular complexity index is 301. The first-order valence-electron chi connectivity index (χ1n) is 7.10. The summed E-state index contributed by atoms with van der Waals surface area (Å²) in [6.45, 7) is 11.0. The van der Waals surface area contributed by atoms with Gasteiger partial charge in [-0.2, -0.15) is 0 Å². The molecule has 0 fully saturated rings. The Kier molecular flexibility index (Phi) is 15.6. The number of primary amides is 1. The molecule has 0 aliphatic heterocycles. The maximum atomic E-state index is 10.8. The fourth-order valence-corrected chi connectivity index (χ4v) is 0.805. The van der Waals surface area contributed by atoms with Gasteiger partial charge in [-0.25, -0.2) is 0 Å². The highest BCUT2D eigenvalue weighted by molar-refractivity contribution is 5.77. The van der Waals surface area contributed by atoms with Gasteiger partial charge < -0.3 is 16.0 Å². The van der Waals surface area contributed by atoms with Crippen molar-refractivity contribution in [1.29, 1.82) is 0 Å². The lowest BCUT2D eigenvalue weighted by Crippen LogP contribution is -2.26. The minimum absolute atomic E-state index is 0.00926. The zero-order valence-corrected chi connectivity index (χ0v) is 15.0. The van der Waals surface area contributed by atoms with Crippen molar-refractivity contribution in [2.24, 2.45) is 23.5 Å². The number of carbonyl (C=O) groups is 3. The van der Waals surface area contributed by atoms with Crippen molar-refractivity contribution in [2.45, 2.75) is 41.5 Å². The molecule has 0 atom stereocenters. The molecule has 0 bridgehead atoms. The SMILES string of the molecule is CC(C)C(=O)N(C)C.CC(C)C(N)=O.CNC(=O)C(C)C. The van der Waals surface area contributed by atoms with Gasteiger partial charge in [-0.1, -0.05) is 41.5 Å². The van der Waals surface area contributed by atoms with Crippen LogP contribution in [0, 0.1) is 17.8 Å². The zero-order valence-electron chi connectivity index (χ0n) is 15.0. The molecule has 0 aromatic carbocycles. The monoisotopic (exact) mass is 303 g/mol. The van der Waals surface area contributed by atoms with Crippen molar-refractivity contribution in [2.75, 3.05) is 21.1 Å². The highest BCUT2D eigenvalue weighted by Crippen LogP contribution is 1.94. The highest BCUT2D eigenvalue weighted by Gasteiger charge is 2.06. The smallest absolute Gasteiger partial charge is 0.224 e. The summed E-state index contributed by atoms with van der Waals surface area (Å²) < 4.78 is 0.